The number of nitrogens with one attached hydrogen (secondary N) is 2. The van der Waals surface area contributed by atoms with E-state index in [1.54, 1.807) is 42.5 Å². The van der Waals surface area contributed by atoms with Crippen LogP contribution < -0.4 is 45.0 Å². The fraction of sp³-hybridized carbons (Fsp3) is 0.434. The molecule has 0 spiro atoms. The third kappa shape index (κ3) is 36.8. The highest BCUT2D eigenvalue weighted by molar-refractivity contribution is 7.09. The number of aliphatic carboxylic acids is 5. The van der Waals surface area contributed by atoms with E-state index in [2.05, 4.69) is 15.5 Å². The van der Waals surface area contributed by atoms with E-state index in [1.807, 2.05) is 67.8 Å². The highest BCUT2D eigenvalue weighted by Gasteiger charge is 2.25. The number of carboxylic acid groups (broad SMARTS) is 5. The fourth-order valence-electron chi connectivity index (χ4n) is 5.87. The van der Waals surface area contributed by atoms with Crippen LogP contribution in [0.5, 0.6) is 0 Å². The molecule has 26 heteroatoms. The number of ether oxygens (including phenoxy) is 1. The van der Waals surface area contributed by atoms with E-state index >= 15 is 0 Å². The van der Waals surface area contributed by atoms with Gasteiger partial charge < -0.3 is 75.3 Å². The monoisotopic (exact) mass is 1150 g/mol. The van der Waals surface area contributed by atoms with Gasteiger partial charge in [0.15, 0.2) is 5.78 Å². The largest absolute Gasteiger partial charge is 0.480 e. The first-order chi connectivity index (χ1) is 37.3. The topological polar surface area (TPSA) is 457 Å². The molecule has 4 rings (SSSR count). The SMILES string of the molecule is CC.CC(=O)NCCCCC(N)C(CC(N)C(=O)O)OO.CC(N)C(=O)O.NC(CCCNC(=O)OCCc1ccccc1Cl)C(=O)O.NC(Cc1ccc(C(=O)c2ccccc2)cc1)C(=O)O.N[C@@H](Cc1cccs1)C(=O)O. The third-order valence-electron chi connectivity index (χ3n) is 10.3. The van der Waals surface area contributed by atoms with Crippen molar-refractivity contribution in [3.8, 4) is 0 Å². The highest BCUT2D eigenvalue weighted by Crippen LogP contribution is 2.16. The first kappa shape index (κ1) is 74.2. The number of amides is 2. The predicted molar refractivity (Wildman–Crippen MR) is 299 cm³/mol. The van der Waals surface area contributed by atoms with Gasteiger partial charge in [-0.25, -0.2) is 9.68 Å². The summed E-state index contributed by atoms with van der Waals surface area (Å²) < 4.78 is 5.00. The Bertz CT molecular complexity index is 2370. The minimum absolute atomic E-state index is 0.0558. The molecule has 7 atom stereocenters. The number of ketones is 1. The number of hydrogen-bond donors (Lipinski definition) is 14. The zero-order valence-corrected chi connectivity index (χ0v) is 46.4. The Balaban J connectivity index is 0. The molecule has 0 bridgehead atoms. The summed E-state index contributed by atoms with van der Waals surface area (Å²) in [6.07, 6.45) is 2.59. The molecule has 0 fully saturated rings. The normalized spacial score (nSPS) is 12.8. The van der Waals surface area contributed by atoms with Crippen molar-refractivity contribution < 1.29 is 78.8 Å². The van der Waals surface area contributed by atoms with Gasteiger partial charge in [-0.1, -0.05) is 111 Å². The van der Waals surface area contributed by atoms with E-state index in [0.717, 1.165) is 28.8 Å². The summed E-state index contributed by atoms with van der Waals surface area (Å²) in [5, 5.41) is 58.8. The van der Waals surface area contributed by atoms with Gasteiger partial charge in [-0.3, -0.25) is 38.8 Å². The number of thiophene rings is 1. The van der Waals surface area contributed by atoms with Crippen LogP contribution in [0, 0.1) is 0 Å². The van der Waals surface area contributed by atoms with Gasteiger partial charge >= 0.3 is 35.9 Å². The minimum atomic E-state index is -1.17. The first-order valence-electron chi connectivity index (χ1n) is 24.9. The zero-order chi connectivity index (χ0) is 60.5. The molecule has 1 heterocycles. The van der Waals surface area contributed by atoms with Crippen LogP contribution in [0.25, 0.3) is 0 Å². The Labute approximate surface area is 468 Å². The highest BCUT2D eigenvalue weighted by atomic mass is 35.5. The Morgan fingerprint density at radius 2 is 1.13 bits per heavy atom. The molecule has 0 saturated carbocycles. The molecule has 20 N–H and O–H groups in total. The maximum Gasteiger partial charge on any atom is 0.407 e. The number of hydrogen-bond acceptors (Lipinski definition) is 18. The molecule has 0 radical (unpaired) electrons. The number of unbranched alkanes of at least 4 members (excludes halogenated alkanes) is 1. The molecule has 0 aliphatic heterocycles. The van der Waals surface area contributed by atoms with Crippen LogP contribution in [-0.4, -0.2) is 140 Å². The van der Waals surface area contributed by atoms with Crippen molar-refractivity contribution in [1.82, 2.24) is 10.6 Å². The summed E-state index contributed by atoms with van der Waals surface area (Å²) in [5.41, 5.74) is 35.0. The second kappa shape index (κ2) is 44.0. The molecular formula is C53H79ClN8O16S. The Morgan fingerprint density at radius 1 is 0.608 bits per heavy atom. The van der Waals surface area contributed by atoms with Gasteiger partial charge in [0, 0.05) is 66.3 Å². The number of nitrogens with two attached hydrogens (primary N) is 6. The van der Waals surface area contributed by atoms with Gasteiger partial charge in [0.25, 0.3) is 0 Å². The Kier molecular flexibility index (Phi) is 41.3. The lowest BCUT2D eigenvalue weighted by Crippen LogP contribution is -2.43. The Hall–Kier alpha value is -6.91. The van der Waals surface area contributed by atoms with Crippen molar-refractivity contribution in [1.29, 1.82) is 0 Å². The lowest BCUT2D eigenvalue weighted by atomic mass is 9.99. The predicted octanol–water partition coefficient (Wildman–Crippen LogP) is 4.10. The Morgan fingerprint density at radius 3 is 1.62 bits per heavy atom. The minimum Gasteiger partial charge on any atom is -0.480 e. The lowest BCUT2D eigenvalue weighted by Gasteiger charge is -2.22. The number of rotatable bonds is 27. The standard InChI is InChI=1S/C16H15NO3.C14H19ClN2O4.C11H23N3O5.C7H9NO2S.C3H7NO2.C2H6/c17-14(16(19)20)10-11-6-8-13(9-7-11)15(18)12-4-2-1-3-5-12;15-11-5-2-1-4-10(11)7-9-21-14(20)17-8-3-6-12(16)13(18)19;1-7(15)14-5-3-2-4-8(12)10(19-18)6-9(13)11(16)17;8-6(7(9)10)4-5-2-1-3-11-5;1-2(4)3(5)6;1-2/h1-9,14H,10,17H2,(H,19,20);1-2,4-5,12H,3,6-9,16H2,(H,17,20)(H,18,19);8-10,18H,2-6,12-13H2,1H3,(H,14,15)(H,16,17);1-3,6H,4,8H2,(H,9,10);2H,4H2,1H3,(H,5,6);1-2H3/t;;;6-;;/m...0../s1. The zero-order valence-electron chi connectivity index (χ0n) is 44.8. The molecular weight excluding hydrogens is 1070 g/mol. The van der Waals surface area contributed by atoms with Crippen molar-refractivity contribution in [2.24, 2.45) is 34.4 Å². The third-order valence-corrected chi connectivity index (χ3v) is 11.6. The van der Waals surface area contributed by atoms with Crippen molar-refractivity contribution in [3.05, 3.63) is 129 Å². The van der Waals surface area contributed by atoms with Crippen LogP contribution >= 0.6 is 22.9 Å². The maximum absolute atomic E-state index is 12.2. The number of carboxylic acids is 5. The van der Waals surface area contributed by atoms with E-state index in [0.29, 0.717) is 61.3 Å². The molecule has 79 heavy (non-hydrogen) atoms. The second-order valence-electron chi connectivity index (χ2n) is 16.9. The summed E-state index contributed by atoms with van der Waals surface area (Å²) in [5.74, 6) is -5.30. The molecule has 6 unspecified atom stereocenters. The number of alkyl carbamates (subject to hydrolysis) is 1. The smallest absolute Gasteiger partial charge is 0.407 e. The van der Waals surface area contributed by atoms with Crippen molar-refractivity contribution >= 4 is 70.6 Å². The summed E-state index contributed by atoms with van der Waals surface area (Å²) >= 11 is 7.51. The molecule has 24 nitrogen and oxygen atoms in total. The fourth-order valence-corrected chi connectivity index (χ4v) is 6.86. The van der Waals surface area contributed by atoms with Gasteiger partial charge in [-0.05, 0) is 67.7 Å². The molecule has 2 amide bonds. The van der Waals surface area contributed by atoms with Crippen LogP contribution in [-0.2, 0) is 57.7 Å². The molecule has 0 saturated heterocycles. The number of carbonyl (C=O) groups excluding carboxylic acids is 3. The van der Waals surface area contributed by atoms with Gasteiger partial charge in [0.2, 0.25) is 5.91 Å². The lowest BCUT2D eigenvalue weighted by molar-refractivity contribution is -0.285. The molecule has 1 aromatic heterocycles. The summed E-state index contributed by atoms with van der Waals surface area (Å²) in [4.78, 5) is 91.0. The van der Waals surface area contributed by atoms with Crippen LogP contribution in [0.1, 0.15) is 98.1 Å². The molecule has 0 aliphatic rings. The average molecular weight is 1150 g/mol. The quantitative estimate of drug-likeness (QED) is 0.0173. The average Bonchev–Trinajstić information content (AvgIpc) is 3.94. The van der Waals surface area contributed by atoms with Gasteiger partial charge in [0.05, 0.1) is 6.61 Å². The van der Waals surface area contributed by atoms with E-state index in [9.17, 15) is 38.4 Å². The number of carbonyl (C=O) groups is 8. The van der Waals surface area contributed by atoms with Crippen molar-refractivity contribution in [3.63, 3.8) is 0 Å². The van der Waals surface area contributed by atoms with Crippen molar-refractivity contribution in [2.45, 2.75) is 128 Å². The van der Waals surface area contributed by atoms with Crippen LogP contribution in [0.3, 0.4) is 0 Å². The van der Waals surface area contributed by atoms with Crippen LogP contribution in [0.4, 0.5) is 4.79 Å². The van der Waals surface area contributed by atoms with Gasteiger partial charge in [-0.15, -0.1) is 11.3 Å². The number of halogens is 1. The molecule has 440 valence electrons. The first-order valence-corrected chi connectivity index (χ1v) is 26.1. The van der Waals surface area contributed by atoms with Crippen LogP contribution in [0.2, 0.25) is 5.02 Å². The van der Waals surface area contributed by atoms with E-state index in [-0.39, 0.29) is 31.1 Å². The summed E-state index contributed by atoms with van der Waals surface area (Å²) in [6.45, 7) is 7.97. The molecule has 3 aromatic carbocycles. The summed E-state index contributed by atoms with van der Waals surface area (Å²) in [6, 6.07) is 22.0. The van der Waals surface area contributed by atoms with E-state index in [4.69, 9.17) is 81.5 Å². The molecule has 0 aliphatic carbocycles. The van der Waals surface area contributed by atoms with Gasteiger partial charge in [0.1, 0.15) is 36.3 Å². The number of benzene rings is 3. The van der Waals surface area contributed by atoms with E-state index in [1.165, 1.54) is 25.2 Å². The summed E-state index contributed by atoms with van der Waals surface area (Å²) in [7, 11) is 0. The maximum atomic E-state index is 12.2. The molecule has 4 aromatic rings. The van der Waals surface area contributed by atoms with E-state index < -0.39 is 78.3 Å². The van der Waals surface area contributed by atoms with Crippen LogP contribution in [0.15, 0.2) is 96.4 Å². The van der Waals surface area contributed by atoms with Gasteiger partial charge in [-0.2, -0.15) is 0 Å². The second-order valence-corrected chi connectivity index (χ2v) is 18.3. The van der Waals surface area contributed by atoms with Crippen molar-refractivity contribution in [2.75, 3.05) is 19.7 Å².